The third kappa shape index (κ3) is 5.60. The monoisotopic (exact) mass is 426 g/mol. The van der Waals surface area contributed by atoms with E-state index in [1.54, 1.807) is 0 Å². The topological polar surface area (TPSA) is 69.9 Å². The van der Waals surface area contributed by atoms with Crippen molar-refractivity contribution in [1.29, 1.82) is 5.41 Å². The Bertz CT molecular complexity index is 838. The molecule has 3 heterocycles. The summed E-state index contributed by atoms with van der Waals surface area (Å²) >= 11 is 0. The van der Waals surface area contributed by atoms with Gasteiger partial charge in [0.25, 0.3) is 0 Å². The van der Waals surface area contributed by atoms with Crippen LogP contribution in [0.15, 0.2) is 34.3 Å². The summed E-state index contributed by atoms with van der Waals surface area (Å²) in [6.45, 7) is 14.6. The Morgan fingerprint density at radius 2 is 1.97 bits per heavy atom. The molecule has 4 rings (SSSR count). The van der Waals surface area contributed by atoms with Gasteiger partial charge in [0.05, 0.1) is 6.61 Å². The van der Waals surface area contributed by atoms with E-state index in [4.69, 9.17) is 14.9 Å². The fourth-order valence-electron chi connectivity index (χ4n) is 4.11. The molecule has 1 aromatic carbocycles. The SMILES string of the molecule is C/C(C(=N)N1CCC(Oc2ccc3c(c2)CCO3)CC1)=C(\C)C1=NCC(C)CN1.CC. The number of likely N-dealkylation sites (tertiary alicyclic amines) is 1. The zero-order valence-corrected chi connectivity index (χ0v) is 19.8. The van der Waals surface area contributed by atoms with Crippen LogP contribution in [0.25, 0.3) is 0 Å². The summed E-state index contributed by atoms with van der Waals surface area (Å²) < 4.78 is 11.8. The molecule has 0 spiro atoms. The van der Waals surface area contributed by atoms with Crippen molar-refractivity contribution in [2.24, 2.45) is 10.9 Å². The normalized spacial score (nSPS) is 21.5. The van der Waals surface area contributed by atoms with Gasteiger partial charge in [-0.3, -0.25) is 10.4 Å². The lowest BCUT2D eigenvalue weighted by molar-refractivity contribution is 0.131. The van der Waals surface area contributed by atoms with Gasteiger partial charge in [-0.05, 0) is 49.1 Å². The van der Waals surface area contributed by atoms with E-state index < -0.39 is 0 Å². The minimum atomic E-state index is 0.204. The number of nitrogens with zero attached hydrogens (tertiary/aromatic N) is 2. The Kier molecular flexibility index (Phi) is 7.99. The second-order valence-electron chi connectivity index (χ2n) is 8.45. The Morgan fingerprint density at radius 3 is 2.65 bits per heavy atom. The van der Waals surface area contributed by atoms with Crippen LogP contribution in [0.3, 0.4) is 0 Å². The molecule has 170 valence electrons. The van der Waals surface area contributed by atoms with Crippen molar-refractivity contribution < 1.29 is 9.47 Å². The van der Waals surface area contributed by atoms with Gasteiger partial charge in [-0.15, -0.1) is 0 Å². The number of hydrogen-bond acceptors (Lipinski definition) is 5. The highest BCUT2D eigenvalue weighted by molar-refractivity contribution is 6.07. The Labute approximate surface area is 187 Å². The Hall–Kier alpha value is -2.50. The van der Waals surface area contributed by atoms with Crippen molar-refractivity contribution in [2.75, 3.05) is 32.8 Å². The highest BCUT2D eigenvalue weighted by Crippen LogP contribution is 2.30. The third-order valence-electron chi connectivity index (χ3n) is 6.17. The molecule has 0 radical (unpaired) electrons. The summed E-state index contributed by atoms with van der Waals surface area (Å²) in [5.41, 5.74) is 3.33. The third-order valence-corrected chi connectivity index (χ3v) is 6.17. The second kappa shape index (κ2) is 10.7. The number of fused-ring (bicyclic) bond motifs is 1. The van der Waals surface area contributed by atoms with E-state index in [0.29, 0.717) is 11.8 Å². The van der Waals surface area contributed by atoms with Gasteiger partial charge >= 0.3 is 0 Å². The molecule has 1 aromatic rings. The van der Waals surface area contributed by atoms with Crippen LogP contribution in [-0.2, 0) is 6.42 Å². The van der Waals surface area contributed by atoms with E-state index >= 15 is 0 Å². The molecule has 0 aliphatic carbocycles. The zero-order chi connectivity index (χ0) is 22.4. The van der Waals surface area contributed by atoms with Crippen LogP contribution >= 0.6 is 0 Å². The lowest BCUT2D eigenvalue weighted by Crippen LogP contribution is -2.42. The molecule has 3 aliphatic heterocycles. The number of rotatable bonds is 4. The summed E-state index contributed by atoms with van der Waals surface area (Å²) in [6.07, 6.45) is 3.03. The highest BCUT2D eigenvalue weighted by atomic mass is 16.5. The average Bonchev–Trinajstić information content (AvgIpc) is 3.28. The zero-order valence-electron chi connectivity index (χ0n) is 19.8. The first-order valence-electron chi connectivity index (χ1n) is 11.7. The number of hydrogen-bond donors (Lipinski definition) is 2. The van der Waals surface area contributed by atoms with Crippen LogP contribution in [0.4, 0.5) is 0 Å². The number of ether oxygens (including phenoxy) is 2. The van der Waals surface area contributed by atoms with E-state index in [1.165, 1.54) is 5.56 Å². The summed E-state index contributed by atoms with van der Waals surface area (Å²) in [6, 6.07) is 6.14. The predicted octanol–water partition coefficient (Wildman–Crippen LogP) is 4.44. The summed E-state index contributed by atoms with van der Waals surface area (Å²) in [7, 11) is 0. The smallest absolute Gasteiger partial charge is 0.124 e. The molecule has 6 nitrogen and oxygen atoms in total. The molecule has 0 aromatic heterocycles. The van der Waals surface area contributed by atoms with E-state index in [-0.39, 0.29) is 6.10 Å². The van der Waals surface area contributed by atoms with E-state index in [9.17, 15) is 0 Å². The van der Waals surface area contributed by atoms with E-state index in [0.717, 1.165) is 80.5 Å². The Morgan fingerprint density at radius 1 is 1.23 bits per heavy atom. The lowest BCUT2D eigenvalue weighted by atomic mass is 10.0. The molecule has 1 unspecified atom stereocenters. The van der Waals surface area contributed by atoms with Gasteiger partial charge in [0.1, 0.15) is 29.3 Å². The van der Waals surface area contributed by atoms with Gasteiger partial charge < -0.3 is 19.7 Å². The maximum atomic E-state index is 8.68. The van der Waals surface area contributed by atoms with Crippen molar-refractivity contribution in [2.45, 2.75) is 60.0 Å². The largest absolute Gasteiger partial charge is 0.493 e. The standard InChI is InChI=1S/C23H32N4O2.C2H6/c1-15-13-25-23(26-14-15)17(3)16(2)22(24)27-9-6-19(7-10-27)29-20-4-5-21-18(12-20)8-11-28-21;1-2/h4-5,12,15,19,24H,6-11,13-14H2,1-3H3,(H,25,26);1-2H3/b17-16-,24-22?;. The van der Waals surface area contributed by atoms with Crippen LogP contribution < -0.4 is 14.8 Å². The van der Waals surface area contributed by atoms with Gasteiger partial charge in [-0.2, -0.15) is 0 Å². The maximum absolute atomic E-state index is 8.68. The Balaban J connectivity index is 0.00000132. The van der Waals surface area contributed by atoms with Crippen molar-refractivity contribution >= 4 is 11.7 Å². The van der Waals surface area contributed by atoms with Crippen LogP contribution in [0, 0.1) is 11.3 Å². The molecular formula is C25H38N4O2. The number of benzene rings is 1. The van der Waals surface area contributed by atoms with Gasteiger partial charge in [0.15, 0.2) is 0 Å². The molecule has 31 heavy (non-hydrogen) atoms. The molecule has 2 N–H and O–H groups in total. The molecule has 1 fully saturated rings. The summed E-state index contributed by atoms with van der Waals surface area (Å²) in [4.78, 5) is 6.81. The molecule has 0 bridgehead atoms. The van der Waals surface area contributed by atoms with Crippen molar-refractivity contribution in [3.8, 4) is 11.5 Å². The van der Waals surface area contributed by atoms with Crippen molar-refractivity contribution in [1.82, 2.24) is 10.2 Å². The number of piperidine rings is 1. The van der Waals surface area contributed by atoms with Crippen LogP contribution in [0.1, 0.15) is 53.0 Å². The highest BCUT2D eigenvalue weighted by Gasteiger charge is 2.25. The van der Waals surface area contributed by atoms with Gasteiger partial charge in [0.2, 0.25) is 0 Å². The average molecular weight is 427 g/mol. The van der Waals surface area contributed by atoms with Gasteiger partial charge in [-0.25, -0.2) is 0 Å². The molecular weight excluding hydrogens is 388 g/mol. The fraction of sp³-hybridized carbons (Fsp3) is 0.600. The van der Waals surface area contributed by atoms with Crippen LogP contribution in [-0.4, -0.2) is 55.5 Å². The molecule has 6 heteroatoms. The molecule has 1 saturated heterocycles. The molecule has 0 amide bonds. The summed E-state index contributed by atoms with van der Waals surface area (Å²) in [5.74, 6) is 4.06. The number of amidine groups is 2. The van der Waals surface area contributed by atoms with Crippen molar-refractivity contribution in [3.63, 3.8) is 0 Å². The summed E-state index contributed by atoms with van der Waals surface area (Å²) in [5, 5.41) is 12.1. The molecule has 0 saturated carbocycles. The fourth-order valence-corrected chi connectivity index (χ4v) is 4.11. The van der Waals surface area contributed by atoms with Gasteiger partial charge in [-0.1, -0.05) is 20.8 Å². The first-order chi connectivity index (χ1) is 15.0. The van der Waals surface area contributed by atoms with E-state index in [1.807, 2.05) is 32.9 Å². The number of nitrogens with one attached hydrogen (secondary N) is 2. The number of aliphatic imine (C=N–C) groups is 1. The quantitative estimate of drug-likeness (QED) is 0.552. The van der Waals surface area contributed by atoms with Crippen LogP contribution in [0.2, 0.25) is 0 Å². The maximum Gasteiger partial charge on any atom is 0.124 e. The second-order valence-corrected chi connectivity index (χ2v) is 8.45. The minimum absolute atomic E-state index is 0.204. The predicted molar refractivity (Wildman–Crippen MR) is 128 cm³/mol. The molecule has 3 aliphatic rings. The van der Waals surface area contributed by atoms with Crippen molar-refractivity contribution in [3.05, 3.63) is 34.9 Å². The molecule has 1 atom stereocenters. The lowest BCUT2D eigenvalue weighted by Gasteiger charge is -2.34. The van der Waals surface area contributed by atoms with Crippen LogP contribution in [0.5, 0.6) is 11.5 Å². The van der Waals surface area contributed by atoms with Gasteiger partial charge in [0, 0.05) is 51.0 Å². The van der Waals surface area contributed by atoms with E-state index in [2.05, 4.69) is 35.1 Å². The minimum Gasteiger partial charge on any atom is -0.493 e. The first kappa shape index (κ1) is 23.2. The first-order valence-corrected chi connectivity index (χ1v) is 11.7.